The molecule has 0 radical (unpaired) electrons. The number of primary amides is 1. The van der Waals surface area contributed by atoms with Gasteiger partial charge in [0.1, 0.15) is 11.4 Å². The van der Waals surface area contributed by atoms with Crippen molar-refractivity contribution < 1.29 is 9.53 Å². The van der Waals surface area contributed by atoms with Gasteiger partial charge in [0.15, 0.2) is 5.75 Å². The quantitative estimate of drug-likeness (QED) is 0.779. The van der Waals surface area contributed by atoms with Crippen LogP contribution in [0.2, 0.25) is 0 Å². The van der Waals surface area contributed by atoms with E-state index in [4.69, 9.17) is 10.5 Å². The number of nitrogens with two attached hydrogens (primary N) is 1. The molecule has 1 aromatic heterocycles. The Morgan fingerprint density at radius 3 is 2.29 bits per heavy atom. The van der Waals surface area contributed by atoms with Crippen LogP contribution in [-0.4, -0.2) is 15.7 Å². The van der Waals surface area contributed by atoms with Crippen molar-refractivity contribution in [3.63, 3.8) is 0 Å². The maximum Gasteiger partial charge on any atom is 0.275 e. The average molecular weight is 321 g/mol. The molecular weight excluding hydrogens is 306 g/mol. The number of hydrogen-bond acceptors (Lipinski definition) is 4. The lowest BCUT2D eigenvalue weighted by Crippen LogP contribution is -2.24. The summed E-state index contributed by atoms with van der Waals surface area (Å²) in [5.74, 6) is 0.206. The predicted octanol–water partition coefficient (Wildman–Crippen LogP) is 2.05. The molecule has 3 aromatic rings. The van der Waals surface area contributed by atoms with Crippen molar-refractivity contribution in [2.75, 3.05) is 0 Å². The molecule has 0 atom stereocenters. The lowest BCUT2D eigenvalue weighted by Gasteiger charge is -2.12. The Labute approximate surface area is 138 Å². The fraction of sp³-hybridized carbons (Fsp3) is 0.0556. The summed E-state index contributed by atoms with van der Waals surface area (Å²) in [6, 6.07) is 19.2. The van der Waals surface area contributed by atoms with Crippen LogP contribution in [0.3, 0.4) is 0 Å². The largest absolute Gasteiger partial charge is 0.455 e. The summed E-state index contributed by atoms with van der Waals surface area (Å²) >= 11 is 0. The van der Waals surface area contributed by atoms with Crippen LogP contribution in [0.25, 0.3) is 5.69 Å². The van der Waals surface area contributed by atoms with Crippen LogP contribution < -0.4 is 16.0 Å². The van der Waals surface area contributed by atoms with Crippen LogP contribution >= 0.6 is 0 Å². The summed E-state index contributed by atoms with van der Waals surface area (Å²) in [5, 5.41) is 4.26. The topological polar surface area (TPSA) is 87.2 Å². The summed E-state index contributed by atoms with van der Waals surface area (Å²) in [6.45, 7) is 0. The lowest BCUT2D eigenvalue weighted by molar-refractivity contribution is -0.117. The number of hydrogen-bond donors (Lipinski definition) is 1. The highest BCUT2D eigenvalue weighted by atomic mass is 16.5. The first-order valence-electron chi connectivity index (χ1n) is 7.33. The third-order valence-electron chi connectivity index (χ3n) is 3.28. The minimum atomic E-state index is -0.557. The Balaban J connectivity index is 2.07. The third-order valence-corrected chi connectivity index (χ3v) is 3.28. The molecule has 0 bridgehead atoms. The molecule has 120 valence electrons. The second-order valence-corrected chi connectivity index (χ2v) is 5.10. The Morgan fingerprint density at radius 2 is 1.67 bits per heavy atom. The zero-order valence-electron chi connectivity index (χ0n) is 12.8. The Morgan fingerprint density at radius 1 is 1.04 bits per heavy atom. The number of amides is 1. The van der Waals surface area contributed by atoms with E-state index in [1.807, 2.05) is 24.3 Å². The van der Waals surface area contributed by atoms with Crippen molar-refractivity contribution in [2.24, 2.45) is 5.73 Å². The standard InChI is InChI=1S/C18H15N3O3/c19-17(22)11-15-16(24-14-9-5-2-6-10-14)12-18(23)21(20-15)13-7-3-1-4-8-13/h1-10,12H,11H2,(H2,19,22). The minimum absolute atomic E-state index is 0.130. The molecule has 0 aliphatic heterocycles. The maximum absolute atomic E-state index is 12.4. The van der Waals surface area contributed by atoms with Gasteiger partial charge in [-0.15, -0.1) is 0 Å². The van der Waals surface area contributed by atoms with Crippen LogP contribution in [-0.2, 0) is 11.2 Å². The lowest BCUT2D eigenvalue weighted by atomic mass is 10.2. The second-order valence-electron chi connectivity index (χ2n) is 5.10. The van der Waals surface area contributed by atoms with Crippen molar-refractivity contribution in [2.45, 2.75) is 6.42 Å². The molecule has 0 unspecified atom stereocenters. The van der Waals surface area contributed by atoms with Crippen LogP contribution in [0, 0.1) is 0 Å². The van der Waals surface area contributed by atoms with Gasteiger partial charge in [-0.3, -0.25) is 9.59 Å². The molecule has 6 heteroatoms. The van der Waals surface area contributed by atoms with E-state index >= 15 is 0 Å². The number of carbonyl (C=O) groups is 1. The highest BCUT2D eigenvalue weighted by Crippen LogP contribution is 2.23. The zero-order valence-corrected chi connectivity index (χ0v) is 12.8. The van der Waals surface area contributed by atoms with Crippen molar-refractivity contribution in [1.82, 2.24) is 9.78 Å². The van der Waals surface area contributed by atoms with E-state index in [2.05, 4.69) is 5.10 Å². The number of rotatable bonds is 5. The molecule has 0 aliphatic carbocycles. The number of carbonyl (C=O) groups excluding carboxylic acids is 1. The number of aromatic nitrogens is 2. The molecule has 24 heavy (non-hydrogen) atoms. The molecule has 0 saturated carbocycles. The summed E-state index contributed by atoms with van der Waals surface area (Å²) in [5.41, 5.74) is 5.83. The van der Waals surface area contributed by atoms with Crippen molar-refractivity contribution >= 4 is 5.91 Å². The predicted molar refractivity (Wildman–Crippen MR) is 89.2 cm³/mol. The summed E-state index contributed by atoms with van der Waals surface area (Å²) in [4.78, 5) is 23.7. The second kappa shape index (κ2) is 6.78. The number of ether oxygens (including phenoxy) is 1. The summed E-state index contributed by atoms with van der Waals surface area (Å²) in [6.07, 6.45) is -0.130. The van der Waals surface area contributed by atoms with E-state index in [1.54, 1.807) is 36.4 Å². The van der Waals surface area contributed by atoms with Crippen molar-refractivity contribution in [1.29, 1.82) is 0 Å². The van der Waals surface area contributed by atoms with Gasteiger partial charge in [-0.05, 0) is 24.3 Å². The highest BCUT2D eigenvalue weighted by molar-refractivity contribution is 5.76. The van der Waals surface area contributed by atoms with E-state index in [-0.39, 0.29) is 17.7 Å². The molecule has 0 aliphatic rings. The first kappa shape index (κ1) is 15.5. The molecule has 0 spiro atoms. The number of benzene rings is 2. The van der Waals surface area contributed by atoms with E-state index in [1.165, 1.54) is 10.7 Å². The fourth-order valence-corrected chi connectivity index (χ4v) is 2.22. The van der Waals surface area contributed by atoms with Crippen LogP contribution in [0.15, 0.2) is 71.5 Å². The number of nitrogens with zero attached hydrogens (tertiary/aromatic N) is 2. The van der Waals surface area contributed by atoms with Gasteiger partial charge >= 0.3 is 0 Å². The van der Waals surface area contributed by atoms with Gasteiger partial charge in [0.2, 0.25) is 5.91 Å². The molecule has 6 nitrogen and oxygen atoms in total. The first-order valence-corrected chi connectivity index (χ1v) is 7.33. The average Bonchev–Trinajstić information content (AvgIpc) is 2.58. The fourth-order valence-electron chi connectivity index (χ4n) is 2.22. The zero-order chi connectivity index (χ0) is 16.9. The van der Waals surface area contributed by atoms with Crippen LogP contribution in [0.4, 0.5) is 0 Å². The SMILES string of the molecule is NC(=O)Cc1nn(-c2ccccc2)c(=O)cc1Oc1ccccc1. The maximum atomic E-state index is 12.4. The highest BCUT2D eigenvalue weighted by Gasteiger charge is 2.14. The van der Waals surface area contributed by atoms with Crippen molar-refractivity contribution in [3.05, 3.63) is 82.8 Å². The number of para-hydroxylation sites is 2. The molecule has 0 saturated heterocycles. The normalized spacial score (nSPS) is 10.3. The monoisotopic (exact) mass is 321 g/mol. The van der Waals surface area contributed by atoms with Gasteiger partial charge in [-0.2, -0.15) is 9.78 Å². The molecule has 0 fully saturated rings. The molecule has 1 amide bonds. The van der Waals surface area contributed by atoms with Gasteiger partial charge in [-0.25, -0.2) is 0 Å². The molecular formula is C18H15N3O3. The summed E-state index contributed by atoms with van der Waals surface area (Å²) in [7, 11) is 0. The van der Waals surface area contributed by atoms with Gasteiger partial charge in [0.25, 0.3) is 5.56 Å². The van der Waals surface area contributed by atoms with Gasteiger partial charge in [0, 0.05) is 0 Å². The van der Waals surface area contributed by atoms with Gasteiger partial charge < -0.3 is 10.5 Å². The molecule has 1 heterocycles. The van der Waals surface area contributed by atoms with Crippen LogP contribution in [0.5, 0.6) is 11.5 Å². The smallest absolute Gasteiger partial charge is 0.275 e. The van der Waals surface area contributed by atoms with E-state index in [0.29, 0.717) is 17.1 Å². The van der Waals surface area contributed by atoms with Crippen LogP contribution in [0.1, 0.15) is 5.69 Å². The Bertz CT molecular complexity index is 906. The van der Waals surface area contributed by atoms with E-state index in [9.17, 15) is 9.59 Å². The van der Waals surface area contributed by atoms with Gasteiger partial charge in [-0.1, -0.05) is 36.4 Å². The van der Waals surface area contributed by atoms with E-state index in [0.717, 1.165) is 0 Å². The third kappa shape index (κ3) is 3.49. The Hall–Kier alpha value is -3.41. The van der Waals surface area contributed by atoms with E-state index < -0.39 is 5.91 Å². The Kier molecular flexibility index (Phi) is 4.38. The molecule has 2 aromatic carbocycles. The minimum Gasteiger partial charge on any atom is -0.455 e. The summed E-state index contributed by atoms with van der Waals surface area (Å²) < 4.78 is 6.92. The van der Waals surface area contributed by atoms with Gasteiger partial charge in [0.05, 0.1) is 18.2 Å². The first-order chi connectivity index (χ1) is 11.6. The van der Waals surface area contributed by atoms with Crippen molar-refractivity contribution in [3.8, 4) is 17.2 Å². The molecule has 2 N–H and O–H groups in total. The molecule has 3 rings (SSSR count).